The molecule has 0 heterocycles. The molecule has 8 heteroatoms. The molecular weight excluding hydrogens is 366 g/mol. The fourth-order valence-corrected chi connectivity index (χ4v) is 2.38. The van der Waals surface area contributed by atoms with E-state index in [1.54, 1.807) is 0 Å². The van der Waals surface area contributed by atoms with Crippen LogP contribution < -0.4 is 10.6 Å². The zero-order chi connectivity index (χ0) is 17.0. The lowest BCUT2D eigenvalue weighted by Crippen LogP contribution is -2.33. The maximum absolute atomic E-state index is 13.0. The van der Waals surface area contributed by atoms with Crippen LogP contribution in [-0.2, 0) is 4.79 Å². The van der Waals surface area contributed by atoms with Crippen molar-refractivity contribution in [3.8, 4) is 0 Å². The number of hydrogen-bond donors (Lipinski definition) is 2. The molecule has 0 atom stereocenters. The second-order valence-corrected chi connectivity index (χ2v) is 5.73. The molecule has 2 amide bonds. The number of hydrogen-bond acceptors (Lipinski definition) is 2. The van der Waals surface area contributed by atoms with Gasteiger partial charge in [0.25, 0.3) is 5.91 Å². The molecule has 0 unspecified atom stereocenters. The Morgan fingerprint density at radius 1 is 1.00 bits per heavy atom. The molecular formula is C15H10Cl3FN2O2. The van der Waals surface area contributed by atoms with E-state index in [-0.39, 0.29) is 22.2 Å². The van der Waals surface area contributed by atoms with Crippen LogP contribution in [-0.4, -0.2) is 18.4 Å². The van der Waals surface area contributed by atoms with Crippen LogP contribution in [0, 0.1) is 5.82 Å². The molecule has 0 aliphatic heterocycles. The Morgan fingerprint density at radius 2 is 1.74 bits per heavy atom. The summed E-state index contributed by atoms with van der Waals surface area (Å²) in [6.45, 7) is -0.285. The molecule has 23 heavy (non-hydrogen) atoms. The molecule has 2 N–H and O–H groups in total. The van der Waals surface area contributed by atoms with Crippen molar-refractivity contribution >= 4 is 52.3 Å². The van der Waals surface area contributed by atoms with Crippen LogP contribution in [0.5, 0.6) is 0 Å². The van der Waals surface area contributed by atoms with Crippen molar-refractivity contribution in [3.05, 3.63) is 62.8 Å². The molecule has 0 aliphatic rings. The highest BCUT2D eigenvalue weighted by Gasteiger charge is 2.12. The molecule has 0 bridgehead atoms. The molecule has 2 rings (SSSR count). The summed E-state index contributed by atoms with van der Waals surface area (Å²) < 4.78 is 13.0. The van der Waals surface area contributed by atoms with Crippen molar-refractivity contribution in [2.45, 2.75) is 0 Å². The van der Waals surface area contributed by atoms with E-state index in [0.717, 1.165) is 6.07 Å². The van der Waals surface area contributed by atoms with E-state index in [9.17, 15) is 14.0 Å². The van der Waals surface area contributed by atoms with Gasteiger partial charge in [0.1, 0.15) is 5.82 Å². The number of halogens is 4. The van der Waals surface area contributed by atoms with Gasteiger partial charge in [-0.25, -0.2) is 4.39 Å². The number of carbonyl (C=O) groups excluding carboxylic acids is 2. The summed E-state index contributed by atoms with van der Waals surface area (Å²) in [5.74, 6) is -1.60. The molecule has 0 spiro atoms. The van der Waals surface area contributed by atoms with Gasteiger partial charge < -0.3 is 10.6 Å². The quantitative estimate of drug-likeness (QED) is 0.843. The average molecular weight is 376 g/mol. The topological polar surface area (TPSA) is 58.2 Å². The molecule has 120 valence electrons. The minimum atomic E-state index is -0.588. The Bertz CT molecular complexity index is 768. The Kier molecular flexibility index (Phi) is 5.82. The van der Waals surface area contributed by atoms with Gasteiger partial charge in [-0.15, -0.1) is 0 Å². The van der Waals surface area contributed by atoms with E-state index in [4.69, 9.17) is 34.8 Å². The van der Waals surface area contributed by atoms with Crippen molar-refractivity contribution in [2.24, 2.45) is 0 Å². The monoisotopic (exact) mass is 374 g/mol. The van der Waals surface area contributed by atoms with E-state index >= 15 is 0 Å². The van der Waals surface area contributed by atoms with E-state index < -0.39 is 17.6 Å². The Hall–Kier alpha value is -1.82. The molecule has 4 nitrogen and oxygen atoms in total. The molecule has 0 radical (unpaired) electrons. The maximum atomic E-state index is 13.0. The fourth-order valence-electron chi connectivity index (χ4n) is 1.71. The van der Waals surface area contributed by atoms with Crippen LogP contribution >= 0.6 is 34.8 Å². The van der Waals surface area contributed by atoms with E-state index in [0.29, 0.717) is 10.7 Å². The van der Waals surface area contributed by atoms with Crippen molar-refractivity contribution < 1.29 is 14.0 Å². The minimum absolute atomic E-state index is 0.111. The van der Waals surface area contributed by atoms with Gasteiger partial charge in [-0.05, 0) is 36.4 Å². The first-order chi connectivity index (χ1) is 10.9. The van der Waals surface area contributed by atoms with Crippen LogP contribution in [0.1, 0.15) is 10.4 Å². The highest BCUT2D eigenvalue weighted by atomic mass is 35.5. The lowest BCUT2D eigenvalue weighted by Gasteiger charge is -2.08. The van der Waals surface area contributed by atoms with E-state index in [2.05, 4.69) is 10.6 Å². The Morgan fingerprint density at radius 3 is 2.39 bits per heavy atom. The highest BCUT2D eigenvalue weighted by molar-refractivity contribution is 6.36. The number of anilines is 1. The summed E-state index contributed by atoms with van der Waals surface area (Å²) in [6.07, 6.45) is 0. The summed E-state index contributed by atoms with van der Waals surface area (Å²) in [6, 6.07) is 8.16. The molecule has 0 aromatic heterocycles. The van der Waals surface area contributed by atoms with Gasteiger partial charge in [0.2, 0.25) is 5.91 Å². The van der Waals surface area contributed by atoms with Gasteiger partial charge in [-0.2, -0.15) is 0 Å². The van der Waals surface area contributed by atoms with E-state index in [1.165, 1.54) is 30.3 Å². The molecule has 2 aromatic carbocycles. The molecule has 0 saturated carbocycles. The highest BCUT2D eigenvalue weighted by Crippen LogP contribution is 2.21. The van der Waals surface area contributed by atoms with Gasteiger partial charge in [0.05, 0.1) is 22.2 Å². The lowest BCUT2D eigenvalue weighted by atomic mass is 10.2. The van der Waals surface area contributed by atoms with Crippen LogP contribution in [0.3, 0.4) is 0 Å². The normalized spacial score (nSPS) is 10.3. The molecule has 0 fully saturated rings. The third-order valence-electron chi connectivity index (χ3n) is 2.79. The Labute approximate surface area is 146 Å². The van der Waals surface area contributed by atoms with Crippen molar-refractivity contribution in [3.63, 3.8) is 0 Å². The predicted octanol–water partition coefficient (Wildman–Crippen LogP) is 4.15. The third kappa shape index (κ3) is 4.82. The van der Waals surface area contributed by atoms with Crippen LogP contribution in [0.15, 0.2) is 36.4 Å². The van der Waals surface area contributed by atoms with Gasteiger partial charge in [0, 0.05) is 10.7 Å². The Balaban J connectivity index is 1.93. The lowest BCUT2D eigenvalue weighted by molar-refractivity contribution is -0.115. The molecule has 0 saturated heterocycles. The second-order valence-electron chi connectivity index (χ2n) is 4.48. The minimum Gasteiger partial charge on any atom is -0.343 e. The average Bonchev–Trinajstić information content (AvgIpc) is 2.48. The number of rotatable bonds is 4. The van der Waals surface area contributed by atoms with Crippen molar-refractivity contribution in [1.29, 1.82) is 0 Å². The summed E-state index contributed by atoms with van der Waals surface area (Å²) in [4.78, 5) is 23.7. The molecule has 0 aliphatic carbocycles. The first-order valence-electron chi connectivity index (χ1n) is 6.35. The first-order valence-corrected chi connectivity index (χ1v) is 7.48. The van der Waals surface area contributed by atoms with Crippen LogP contribution in [0.25, 0.3) is 0 Å². The zero-order valence-electron chi connectivity index (χ0n) is 11.5. The predicted molar refractivity (Wildman–Crippen MR) is 88.8 cm³/mol. The number of carbonyl (C=O) groups is 2. The number of amides is 2. The van der Waals surface area contributed by atoms with Crippen LogP contribution in [0.4, 0.5) is 10.1 Å². The first kappa shape index (κ1) is 17.5. The van der Waals surface area contributed by atoms with Crippen molar-refractivity contribution in [2.75, 3.05) is 11.9 Å². The maximum Gasteiger partial charge on any atom is 0.253 e. The van der Waals surface area contributed by atoms with Crippen LogP contribution in [0.2, 0.25) is 15.1 Å². The third-order valence-corrected chi connectivity index (χ3v) is 3.63. The summed E-state index contributed by atoms with van der Waals surface area (Å²) in [5.41, 5.74) is 0.522. The second kappa shape index (κ2) is 7.64. The van der Waals surface area contributed by atoms with Gasteiger partial charge in [0.15, 0.2) is 0 Å². The summed E-state index contributed by atoms with van der Waals surface area (Å²) >= 11 is 17.3. The molecule has 2 aromatic rings. The fraction of sp³-hybridized carbons (Fsp3) is 0.0667. The van der Waals surface area contributed by atoms with Gasteiger partial charge in [-0.3, -0.25) is 9.59 Å². The summed E-state index contributed by atoms with van der Waals surface area (Å²) in [5, 5.41) is 5.37. The number of nitrogens with one attached hydrogen (secondary N) is 2. The SMILES string of the molecule is O=C(CNC(=O)c1ccc(Cl)cc1Cl)Nc1ccc(F)c(Cl)c1. The van der Waals surface area contributed by atoms with Gasteiger partial charge >= 0.3 is 0 Å². The largest absolute Gasteiger partial charge is 0.343 e. The summed E-state index contributed by atoms with van der Waals surface area (Å²) in [7, 11) is 0. The standard InChI is InChI=1S/C15H10Cl3FN2O2/c16-8-1-3-10(11(17)5-8)15(23)20-7-14(22)21-9-2-4-13(19)12(18)6-9/h1-6H,7H2,(H,20,23)(H,21,22). The smallest absolute Gasteiger partial charge is 0.253 e. The van der Waals surface area contributed by atoms with E-state index in [1.807, 2.05) is 0 Å². The van der Waals surface area contributed by atoms with Gasteiger partial charge in [-0.1, -0.05) is 34.8 Å². The van der Waals surface area contributed by atoms with Crippen molar-refractivity contribution in [1.82, 2.24) is 5.32 Å². The number of benzene rings is 2. The zero-order valence-corrected chi connectivity index (χ0v) is 13.8.